The molecule has 0 aliphatic carbocycles. The van der Waals surface area contributed by atoms with Gasteiger partial charge in [0.2, 0.25) is 0 Å². The highest BCUT2D eigenvalue weighted by Crippen LogP contribution is 2.44. The van der Waals surface area contributed by atoms with E-state index in [-0.39, 0.29) is 0 Å². The van der Waals surface area contributed by atoms with E-state index in [0.717, 1.165) is 33.0 Å². The molecule has 0 aliphatic heterocycles. The molecule has 7 aromatic carbocycles. The van der Waals surface area contributed by atoms with E-state index in [1.165, 1.54) is 20.7 Å². The molecule has 0 N–H and O–H groups in total. The van der Waals surface area contributed by atoms with E-state index < -0.39 is 16.6 Å². The van der Waals surface area contributed by atoms with Gasteiger partial charge in [0.1, 0.15) is 11.5 Å². The van der Waals surface area contributed by atoms with Gasteiger partial charge in [-0.15, -0.1) is 0 Å². The van der Waals surface area contributed by atoms with Crippen molar-refractivity contribution >= 4 is 58.9 Å². The fourth-order valence-electron chi connectivity index (χ4n) is 6.27. The van der Waals surface area contributed by atoms with Crippen LogP contribution < -0.4 is 29.6 Å². The lowest BCUT2D eigenvalue weighted by Crippen LogP contribution is -2.61. The maximum Gasteiger partial charge on any atom is 0.311 e. The molecule has 2 nitrogen and oxygen atoms in total. The summed E-state index contributed by atoms with van der Waals surface area (Å²) in [6.45, 7) is 4.61. The van der Waals surface area contributed by atoms with E-state index in [2.05, 4.69) is 183 Å². The van der Waals surface area contributed by atoms with Crippen molar-refractivity contribution in [1.29, 1.82) is 0 Å². The smallest absolute Gasteiger partial charge is 0.311 e. The van der Waals surface area contributed by atoms with Crippen LogP contribution in [0.15, 0.2) is 170 Å². The van der Waals surface area contributed by atoms with Gasteiger partial charge in [0.15, 0.2) is 0 Å². The molecule has 0 spiro atoms. The highest BCUT2D eigenvalue weighted by Gasteiger charge is 2.39. The lowest BCUT2D eigenvalue weighted by Gasteiger charge is -2.33. The molecule has 0 saturated carbocycles. The number of benzene rings is 7. The number of rotatable bonds is 8. The summed E-state index contributed by atoms with van der Waals surface area (Å²) in [5.74, 6) is 1.82. The topological polar surface area (TPSA) is 18.5 Å². The molecule has 0 heterocycles. The van der Waals surface area contributed by atoms with Crippen LogP contribution in [0.25, 0.3) is 21.5 Å². The van der Waals surface area contributed by atoms with Crippen LogP contribution in [-0.2, 0) is 0 Å². The maximum atomic E-state index is 7.45. The molecule has 0 bridgehead atoms. The highest BCUT2D eigenvalue weighted by molar-refractivity contribution is 6.97. The third kappa shape index (κ3) is 4.92. The van der Waals surface area contributed by atoms with Gasteiger partial charge in [0, 0.05) is 21.5 Å². The first-order valence-electron chi connectivity index (χ1n) is 15.1. The second kappa shape index (κ2) is 11.6. The Morgan fingerprint density at radius 3 is 0.727 bits per heavy atom. The molecule has 7 aromatic rings. The molecule has 0 aliphatic rings. The minimum absolute atomic E-state index is 0.910. The summed E-state index contributed by atoms with van der Waals surface area (Å²) < 4.78 is 14.9. The van der Waals surface area contributed by atoms with E-state index in [9.17, 15) is 0 Å². The summed E-state index contributed by atoms with van der Waals surface area (Å²) in [5.41, 5.74) is 0. The van der Waals surface area contributed by atoms with Gasteiger partial charge < -0.3 is 8.85 Å². The van der Waals surface area contributed by atoms with Crippen molar-refractivity contribution in [2.45, 2.75) is 13.1 Å². The Hall–Kier alpha value is -4.91. The zero-order chi connectivity index (χ0) is 30.0. The van der Waals surface area contributed by atoms with Gasteiger partial charge in [-0.3, -0.25) is 0 Å². The molecule has 0 atom stereocenters. The maximum absolute atomic E-state index is 7.45. The van der Waals surface area contributed by atoms with Crippen molar-refractivity contribution in [2.24, 2.45) is 0 Å². The van der Waals surface area contributed by atoms with Gasteiger partial charge in [0.25, 0.3) is 0 Å². The van der Waals surface area contributed by atoms with Gasteiger partial charge in [-0.25, -0.2) is 0 Å². The van der Waals surface area contributed by atoms with Crippen LogP contribution in [0.5, 0.6) is 11.5 Å². The molecular weight excluding hydrogens is 569 g/mol. The summed E-state index contributed by atoms with van der Waals surface area (Å²) >= 11 is 0. The Morgan fingerprint density at radius 1 is 0.295 bits per heavy atom. The molecule has 0 radical (unpaired) electrons. The first-order valence-corrected chi connectivity index (χ1v) is 19.9. The zero-order valence-electron chi connectivity index (χ0n) is 25.0. The Morgan fingerprint density at radius 2 is 0.500 bits per heavy atom. The molecule has 0 saturated heterocycles. The molecule has 0 aromatic heterocycles. The van der Waals surface area contributed by atoms with Crippen LogP contribution in [0, 0.1) is 0 Å². The van der Waals surface area contributed by atoms with Crippen molar-refractivity contribution < 1.29 is 8.85 Å². The third-order valence-corrected chi connectivity index (χ3v) is 15.7. The molecule has 4 heteroatoms. The Bertz CT molecular complexity index is 1740. The lowest BCUT2D eigenvalue weighted by molar-refractivity contribution is 0.574. The van der Waals surface area contributed by atoms with Crippen molar-refractivity contribution in [1.82, 2.24) is 0 Å². The average molecular weight is 603 g/mol. The van der Waals surface area contributed by atoms with Gasteiger partial charge in [0.05, 0.1) is 0 Å². The van der Waals surface area contributed by atoms with Crippen LogP contribution in [0.4, 0.5) is 0 Å². The molecule has 0 amide bonds. The molecular formula is C40H34O2Si2. The summed E-state index contributed by atoms with van der Waals surface area (Å²) in [4.78, 5) is 0. The van der Waals surface area contributed by atoms with E-state index >= 15 is 0 Å². The van der Waals surface area contributed by atoms with Crippen molar-refractivity contribution in [3.05, 3.63) is 170 Å². The van der Waals surface area contributed by atoms with Gasteiger partial charge in [-0.2, -0.15) is 0 Å². The summed E-state index contributed by atoms with van der Waals surface area (Å²) in [6.07, 6.45) is 0. The fraction of sp³-hybridized carbons (Fsp3) is 0.0500. The largest absolute Gasteiger partial charge is 0.534 e. The summed E-state index contributed by atoms with van der Waals surface area (Å²) in [6, 6.07) is 59.9. The van der Waals surface area contributed by atoms with Gasteiger partial charge in [-0.1, -0.05) is 170 Å². The van der Waals surface area contributed by atoms with Gasteiger partial charge in [-0.05, 0) is 33.8 Å². The van der Waals surface area contributed by atoms with E-state index in [0.29, 0.717) is 0 Å². The first-order chi connectivity index (χ1) is 21.6. The fourth-order valence-corrected chi connectivity index (χ4v) is 12.0. The lowest BCUT2D eigenvalue weighted by atomic mass is 10.0. The predicted molar refractivity (Wildman–Crippen MR) is 190 cm³/mol. The standard InChI is InChI=1S/C40H34O2Si2/c1-43(31-19-7-3-8-20-31,32-21-9-4-10-22-32)41-39-35-27-15-17-29-37(35)40(38-30-18-16-28-36(38)39)42-44(2,33-23-11-5-12-24-33)34-25-13-6-14-26-34/h3-30H,1-2H3. The van der Waals surface area contributed by atoms with Crippen LogP contribution in [-0.4, -0.2) is 16.6 Å². The van der Waals surface area contributed by atoms with Gasteiger partial charge >= 0.3 is 16.6 Å². The van der Waals surface area contributed by atoms with Crippen molar-refractivity contribution in [2.75, 3.05) is 0 Å². The predicted octanol–water partition coefficient (Wildman–Crippen LogP) is 7.53. The van der Waals surface area contributed by atoms with Crippen molar-refractivity contribution in [3.8, 4) is 11.5 Å². The summed E-state index contributed by atoms with van der Waals surface area (Å²) in [7, 11) is -5.36. The Balaban J connectivity index is 1.47. The normalized spacial score (nSPS) is 11.9. The molecule has 0 unspecified atom stereocenters. The Kier molecular flexibility index (Phi) is 7.38. The minimum atomic E-state index is -2.68. The number of hydrogen-bond acceptors (Lipinski definition) is 2. The van der Waals surface area contributed by atoms with Crippen molar-refractivity contribution in [3.63, 3.8) is 0 Å². The second-order valence-corrected chi connectivity index (χ2v) is 18.3. The molecule has 214 valence electrons. The number of hydrogen-bond donors (Lipinski definition) is 0. The Labute approximate surface area is 261 Å². The third-order valence-electron chi connectivity index (χ3n) is 8.74. The minimum Gasteiger partial charge on any atom is -0.534 e. The van der Waals surface area contributed by atoms with Crippen LogP contribution in [0.3, 0.4) is 0 Å². The first kappa shape index (κ1) is 27.9. The molecule has 44 heavy (non-hydrogen) atoms. The monoisotopic (exact) mass is 602 g/mol. The quantitative estimate of drug-likeness (QED) is 0.132. The van der Waals surface area contributed by atoms with Crippen LogP contribution in [0.1, 0.15) is 0 Å². The zero-order valence-corrected chi connectivity index (χ0v) is 27.0. The second-order valence-electron chi connectivity index (χ2n) is 11.5. The SMILES string of the molecule is C[Si](Oc1c2ccccc2c(O[Si](C)(c2ccccc2)c2ccccc2)c2ccccc12)(c1ccccc1)c1ccccc1. The van der Waals surface area contributed by atoms with E-state index in [1.54, 1.807) is 0 Å². The van der Waals surface area contributed by atoms with E-state index in [4.69, 9.17) is 8.85 Å². The number of fused-ring (bicyclic) bond motifs is 2. The summed E-state index contributed by atoms with van der Waals surface area (Å²) in [5, 5.41) is 9.16. The highest BCUT2D eigenvalue weighted by atomic mass is 28.4. The van der Waals surface area contributed by atoms with Crippen LogP contribution in [0.2, 0.25) is 13.1 Å². The van der Waals surface area contributed by atoms with Crippen LogP contribution >= 0.6 is 0 Å². The molecule has 7 rings (SSSR count). The van der Waals surface area contributed by atoms with E-state index in [1.807, 2.05) is 0 Å². The molecule has 0 fully saturated rings. The average Bonchev–Trinajstić information content (AvgIpc) is 3.11.